The third-order valence-electron chi connectivity index (χ3n) is 2.39. The maximum atomic E-state index is 10.9. The predicted molar refractivity (Wildman–Crippen MR) is 58.2 cm³/mol. The largest absolute Gasteiger partial charge is 0.352 e. The number of nitro groups is 1. The van der Waals surface area contributed by atoms with Crippen LogP contribution in [0.25, 0.3) is 0 Å². The fourth-order valence-electron chi connectivity index (χ4n) is 1.56. The minimum Gasteiger partial charge on any atom is -0.352 e. The molecule has 1 heterocycles. The number of rotatable bonds is 5. The highest BCUT2D eigenvalue weighted by atomic mass is 16.6. The molecule has 1 aromatic rings. The number of aromatic nitrogens is 2. The summed E-state index contributed by atoms with van der Waals surface area (Å²) >= 11 is 0. The van der Waals surface area contributed by atoms with Crippen LogP contribution < -0.4 is 4.90 Å². The molecule has 1 N–H and O–H groups in total. The van der Waals surface area contributed by atoms with Gasteiger partial charge in [0, 0.05) is 13.1 Å². The molecule has 0 amide bonds. The monoisotopic (exact) mass is 212 g/mol. The van der Waals surface area contributed by atoms with Crippen molar-refractivity contribution in [3.8, 4) is 0 Å². The van der Waals surface area contributed by atoms with E-state index in [1.165, 1.54) is 0 Å². The van der Waals surface area contributed by atoms with Crippen LogP contribution in [0.5, 0.6) is 0 Å². The van der Waals surface area contributed by atoms with Crippen molar-refractivity contribution in [3.63, 3.8) is 0 Å². The van der Waals surface area contributed by atoms with Crippen molar-refractivity contribution in [1.29, 1.82) is 0 Å². The molecule has 1 rings (SSSR count). The number of nitrogens with zero attached hydrogens (tertiary/aromatic N) is 3. The van der Waals surface area contributed by atoms with E-state index in [4.69, 9.17) is 0 Å². The summed E-state index contributed by atoms with van der Waals surface area (Å²) in [5.74, 6) is 0.516. The molecule has 0 aromatic carbocycles. The van der Waals surface area contributed by atoms with E-state index in [1.54, 1.807) is 0 Å². The third kappa shape index (κ3) is 2.08. The number of hydrogen-bond donors (Lipinski definition) is 1. The molecule has 6 nitrogen and oxygen atoms in total. The van der Waals surface area contributed by atoms with Gasteiger partial charge in [-0.25, -0.2) is 0 Å². The second-order valence-corrected chi connectivity index (χ2v) is 3.15. The van der Waals surface area contributed by atoms with Gasteiger partial charge in [-0.05, 0) is 20.3 Å². The first kappa shape index (κ1) is 11.5. The Labute approximate surface area is 88.4 Å². The quantitative estimate of drug-likeness (QED) is 0.595. The van der Waals surface area contributed by atoms with Crippen molar-refractivity contribution in [2.45, 2.75) is 27.2 Å². The van der Waals surface area contributed by atoms with E-state index in [-0.39, 0.29) is 10.6 Å². The summed E-state index contributed by atoms with van der Waals surface area (Å²) in [6, 6.07) is 0. The van der Waals surface area contributed by atoms with Crippen LogP contribution in [-0.4, -0.2) is 28.2 Å². The summed E-state index contributed by atoms with van der Waals surface area (Å²) in [6.45, 7) is 7.22. The molecule has 0 radical (unpaired) electrons. The third-order valence-corrected chi connectivity index (χ3v) is 2.39. The second-order valence-electron chi connectivity index (χ2n) is 3.15. The molecule has 0 aliphatic heterocycles. The smallest absolute Gasteiger partial charge is 0.333 e. The van der Waals surface area contributed by atoms with Gasteiger partial charge >= 0.3 is 5.69 Å². The summed E-state index contributed by atoms with van der Waals surface area (Å²) in [7, 11) is 0. The average Bonchev–Trinajstić information content (AvgIpc) is 2.63. The molecular formula is C9H16N4O2. The predicted octanol–water partition coefficient (Wildman–Crippen LogP) is 1.73. The van der Waals surface area contributed by atoms with Crippen LogP contribution in [0.15, 0.2) is 0 Å². The summed E-state index contributed by atoms with van der Waals surface area (Å²) in [5, 5.41) is 17.6. The Morgan fingerprint density at radius 3 is 2.40 bits per heavy atom. The lowest BCUT2D eigenvalue weighted by Crippen LogP contribution is -2.23. The molecule has 0 saturated carbocycles. The fourth-order valence-corrected chi connectivity index (χ4v) is 1.56. The first-order chi connectivity index (χ1) is 7.15. The van der Waals surface area contributed by atoms with Gasteiger partial charge in [0.1, 0.15) is 5.69 Å². The molecule has 0 spiro atoms. The zero-order valence-electron chi connectivity index (χ0n) is 9.28. The molecule has 15 heavy (non-hydrogen) atoms. The van der Waals surface area contributed by atoms with E-state index < -0.39 is 0 Å². The normalized spacial score (nSPS) is 10.3. The Balaban J connectivity index is 3.17. The Morgan fingerprint density at radius 2 is 2.00 bits per heavy atom. The van der Waals surface area contributed by atoms with E-state index in [9.17, 15) is 10.1 Å². The first-order valence-corrected chi connectivity index (χ1v) is 5.12. The maximum Gasteiger partial charge on any atom is 0.333 e. The molecule has 0 unspecified atom stereocenters. The van der Waals surface area contributed by atoms with E-state index in [2.05, 4.69) is 10.2 Å². The molecule has 0 saturated heterocycles. The van der Waals surface area contributed by atoms with Gasteiger partial charge in [-0.15, -0.1) is 0 Å². The van der Waals surface area contributed by atoms with Crippen LogP contribution in [0.1, 0.15) is 26.5 Å². The average molecular weight is 212 g/mol. The number of anilines is 1. The number of aryl methyl sites for hydroxylation is 1. The minimum absolute atomic E-state index is 0.112. The van der Waals surface area contributed by atoms with Crippen LogP contribution in [0.4, 0.5) is 11.5 Å². The van der Waals surface area contributed by atoms with Crippen LogP contribution >= 0.6 is 0 Å². The SMILES string of the molecule is CCc1n[nH]c(N(CC)CC)c1[N+](=O)[O-]. The number of aromatic amines is 1. The van der Waals surface area contributed by atoms with Crippen LogP contribution in [0, 0.1) is 10.1 Å². The zero-order valence-corrected chi connectivity index (χ0v) is 9.28. The van der Waals surface area contributed by atoms with Crippen molar-refractivity contribution in [2.24, 2.45) is 0 Å². The second kappa shape index (κ2) is 4.77. The Hall–Kier alpha value is -1.59. The fraction of sp³-hybridized carbons (Fsp3) is 0.667. The Morgan fingerprint density at radius 1 is 1.40 bits per heavy atom. The van der Waals surface area contributed by atoms with Gasteiger partial charge in [0.25, 0.3) is 0 Å². The Bertz CT molecular complexity index is 344. The van der Waals surface area contributed by atoms with E-state index in [0.717, 1.165) is 13.1 Å². The van der Waals surface area contributed by atoms with E-state index >= 15 is 0 Å². The van der Waals surface area contributed by atoms with Gasteiger partial charge in [-0.3, -0.25) is 15.2 Å². The highest BCUT2D eigenvalue weighted by Crippen LogP contribution is 2.29. The van der Waals surface area contributed by atoms with Gasteiger partial charge < -0.3 is 4.90 Å². The van der Waals surface area contributed by atoms with Crippen molar-refractivity contribution >= 4 is 11.5 Å². The molecule has 0 atom stereocenters. The summed E-state index contributed by atoms with van der Waals surface area (Å²) in [5.41, 5.74) is 0.628. The van der Waals surface area contributed by atoms with E-state index in [1.807, 2.05) is 25.7 Å². The maximum absolute atomic E-state index is 10.9. The topological polar surface area (TPSA) is 75.1 Å². The van der Waals surface area contributed by atoms with Gasteiger partial charge in [0.05, 0.1) is 4.92 Å². The summed E-state index contributed by atoms with van der Waals surface area (Å²) in [6.07, 6.45) is 0.564. The Kier molecular flexibility index (Phi) is 3.65. The highest BCUT2D eigenvalue weighted by molar-refractivity contribution is 5.60. The lowest BCUT2D eigenvalue weighted by Gasteiger charge is -2.17. The lowest BCUT2D eigenvalue weighted by atomic mass is 10.3. The molecule has 0 bridgehead atoms. The summed E-state index contributed by atoms with van der Waals surface area (Å²) < 4.78 is 0. The van der Waals surface area contributed by atoms with Crippen molar-refractivity contribution in [2.75, 3.05) is 18.0 Å². The molecular weight excluding hydrogens is 196 g/mol. The van der Waals surface area contributed by atoms with Gasteiger partial charge in [0.15, 0.2) is 0 Å². The van der Waals surface area contributed by atoms with Gasteiger partial charge in [-0.2, -0.15) is 5.10 Å². The molecule has 1 aromatic heterocycles. The summed E-state index contributed by atoms with van der Waals surface area (Å²) in [4.78, 5) is 12.4. The lowest BCUT2D eigenvalue weighted by molar-refractivity contribution is -0.384. The number of H-pyrrole nitrogens is 1. The van der Waals surface area contributed by atoms with Gasteiger partial charge in [-0.1, -0.05) is 6.92 Å². The molecule has 84 valence electrons. The van der Waals surface area contributed by atoms with Crippen LogP contribution in [-0.2, 0) is 6.42 Å². The highest BCUT2D eigenvalue weighted by Gasteiger charge is 2.25. The first-order valence-electron chi connectivity index (χ1n) is 5.12. The minimum atomic E-state index is -0.365. The molecule has 6 heteroatoms. The van der Waals surface area contributed by atoms with Gasteiger partial charge in [0.2, 0.25) is 5.82 Å². The van der Waals surface area contributed by atoms with Crippen molar-refractivity contribution in [1.82, 2.24) is 10.2 Å². The van der Waals surface area contributed by atoms with Crippen molar-refractivity contribution < 1.29 is 4.92 Å². The van der Waals surface area contributed by atoms with Crippen LogP contribution in [0.3, 0.4) is 0 Å². The standard InChI is InChI=1S/C9H16N4O2/c1-4-7-8(13(14)15)9(11-10-7)12(5-2)6-3/h4-6H2,1-3H3,(H,10,11). The van der Waals surface area contributed by atoms with Crippen LogP contribution in [0.2, 0.25) is 0 Å². The molecule has 0 aliphatic rings. The molecule has 0 aliphatic carbocycles. The zero-order chi connectivity index (χ0) is 11.4. The van der Waals surface area contributed by atoms with E-state index in [0.29, 0.717) is 17.9 Å². The van der Waals surface area contributed by atoms with Crippen molar-refractivity contribution in [3.05, 3.63) is 15.8 Å². The molecule has 0 fully saturated rings. The number of nitrogens with one attached hydrogen (secondary N) is 1. The number of hydrogen-bond acceptors (Lipinski definition) is 4.